The molecule has 0 heterocycles. The van der Waals surface area contributed by atoms with E-state index in [0.29, 0.717) is 6.54 Å². The van der Waals surface area contributed by atoms with Crippen LogP contribution in [0.4, 0.5) is 0 Å². The largest absolute Gasteiger partial charge is 0.355 e. The molecule has 1 atom stereocenters. The number of carbonyl (C=O) groups excluding carboxylic acids is 2. The Balaban J connectivity index is 2.34. The average molecular weight is 249 g/mol. The summed E-state index contributed by atoms with van der Waals surface area (Å²) in [4.78, 5) is 22.7. The van der Waals surface area contributed by atoms with Crippen LogP contribution in [0.25, 0.3) is 0 Å². The molecule has 0 aliphatic heterocycles. The van der Waals surface area contributed by atoms with Crippen molar-refractivity contribution in [1.82, 2.24) is 10.6 Å². The van der Waals surface area contributed by atoms with Crippen LogP contribution in [-0.4, -0.2) is 24.9 Å². The minimum absolute atomic E-state index is 0.00577. The van der Waals surface area contributed by atoms with Gasteiger partial charge in [-0.25, -0.2) is 0 Å². The lowest BCUT2D eigenvalue weighted by Crippen LogP contribution is -2.37. The summed E-state index contributed by atoms with van der Waals surface area (Å²) in [5, 5.41) is 5.14. The molecular weight excluding hydrogens is 230 g/mol. The quantitative estimate of drug-likeness (QED) is 0.679. The third-order valence-corrected chi connectivity index (χ3v) is 2.45. The first-order chi connectivity index (χ1) is 8.63. The maximum Gasteiger partial charge on any atom is 0.239 e. The summed E-state index contributed by atoms with van der Waals surface area (Å²) < 4.78 is 0. The molecule has 0 fully saturated rings. The predicted octanol–water partition coefficient (Wildman–Crippen LogP) is 0.329. The summed E-state index contributed by atoms with van der Waals surface area (Å²) in [5.41, 5.74) is 6.81. The number of nitrogens with one attached hydrogen (secondary N) is 2. The van der Waals surface area contributed by atoms with Crippen molar-refractivity contribution in [3.63, 3.8) is 0 Å². The van der Waals surface area contributed by atoms with Crippen LogP contribution in [0.5, 0.6) is 0 Å². The summed E-state index contributed by atoms with van der Waals surface area (Å²) >= 11 is 0. The summed E-state index contributed by atoms with van der Waals surface area (Å²) in [6.45, 7) is 2.37. The van der Waals surface area contributed by atoms with Gasteiger partial charge in [0.25, 0.3) is 0 Å². The lowest BCUT2D eigenvalue weighted by molar-refractivity contribution is -0.126. The van der Waals surface area contributed by atoms with Crippen molar-refractivity contribution in [1.29, 1.82) is 0 Å². The lowest BCUT2D eigenvalue weighted by atomic mass is 10.0. The lowest BCUT2D eigenvalue weighted by Gasteiger charge is -2.11. The van der Waals surface area contributed by atoms with Gasteiger partial charge in [-0.1, -0.05) is 30.3 Å². The van der Waals surface area contributed by atoms with Crippen molar-refractivity contribution in [2.45, 2.75) is 19.4 Å². The highest BCUT2D eigenvalue weighted by Crippen LogP contribution is 2.12. The Hall–Kier alpha value is -1.88. The highest BCUT2D eigenvalue weighted by atomic mass is 16.2. The fourth-order valence-corrected chi connectivity index (χ4v) is 1.53. The van der Waals surface area contributed by atoms with Gasteiger partial charge in [0.1, 0.15) is 0 Å². The standard InChI is InChI=1S/C13H19N3O2/c1-2-15-13(18)9-16-12(17)8-11(14)10-6-4-3-5-7-10/h3-7,11H,2,8-9,14H2,1H3,(H,15,18)(H,16,17). The van der Waals surface area contributed by atoms with Gasteiger partial charge in [-0.2, -0.15) is 0 Å². The predicted molar refractivity (Wildman–Crippen MR) is 69.7 cm³/mol. The fraction of sp³-hybridized carbons (Fsp3) is 0.385. The molecule has 5 heteroatoms. The van der Waals surface area contributed by atoms with Crippen molar-refractivity contribution in [2.75, 3.05) is 13.1 Å². The van der Waals surface area contributed by atoms with Crippen LogP contribution in [0.3, 0.4) is 0 Å². The summed E-state index contributed by atoms with van der Waals surface area (Å²) in [7, 11) is 0. The van der Waals surface area contributed by atoms with E-state index in [-0.39, 0.29) is 30.8 Å². The second kappa shape index (κ2) is 7.45. The first kappa shape index (κ1) is 14.2. The van der Waals surface area contributed by atoms with Gasteiger partial charge in [0, 0.05) is 19.0 Å². The van der Waals surface area contributed by atoms with E-state index in [1.807, 2.05) is 37.3 Å². The van der Waals surface area contributed by atoms with Crippen molar-refractivity contribution >= 4 is 11.8 Å². The van der Waals surface area contributed by atoms with E-state index < -0.39 is 0 Å². The number of hydrogen-bond donors (Lipinski definition) is 3. The van der Waals surface area contributed by atoms with E-state index >= 15 is 0 Å². The second-order valence-corrected chi connectivity index (χ2v) is 3.95. The number of carbonyl (C=O) groups is 2. The Kier molecular flexibility index (Phi) is 5.87. The average Bonchev–Trinajstić information content (AvgIpc) is 2.38. The van der Waals surface area contributed by atoms with Crippen LogP contribution in [0.2, 0.25) is 0 Å². The van der Waals surface area contributed by atoms with Crippen LogP contribution >= 0.6 is 0 Å². The maximum atomic E-state index is 11.6. The molecule has 0 aliphatic carbocycles. The number of likely N-dealkylation sites (N-methyl/N-ethyl adjacent to an activating group) is 1. The minimum atomic E-state index is -0.347. The van der Waals surface area contributed by atoms with Crippen LogP contribution in [0.15, 0.2) is 30.3 Å². The third kappa shape index (κ3) is 4.97. The third-order valence-electron chi connectivity index (χ3n) is 2.45. The maximum absolute atomic E-state index is 11.6. The number of rotatable bonds is 6. The van der Waals surface area contributed by atoms with Crippen molar-refractivity contribution in [2.24, 2.45) is 5.73 Å². The molecule has 18 heavy (non-hydrogen) atoms. The molecule has 1 rings (SSSR count). The number of benzene rings is 1. The number of amides is 2. The smallest absolute Gasteiger partial charge is 0.239 e. The molecule has 4 N–H and O–H groups in total. The summed E-state index contributed by atoms with van der Waals surface area (Å²) in [6.07, 6.45) is 0.170. The molecule has 0 bridgehead atoms. The van der Waals surface area contributed by atoms with Crippen LogP contribution < -0.4 is 16.4 Å². The second-order valence-electron chi connectivity index (χ2n) is 3.95. The molecule has 0 aromatic heterocycles. The van der Waals surface area contributed by atoms with E-state index in [2.05, 4.69) is 10.6 Å². The molecule has 5 nitrogen and oxygen atoms in total. The van der Waals surface area contributed by atoms with E-state index in [1.165, 1.54) is 0 Å². The highest BCUT2D eigenvalue weighted by molar-refractivity contribution is 5.84. The van der Waals surface area contributed by atoms with Gasteiger partial charge in [-0.15, -0.1) is 0 Å². The molecular formula is C13H19N3O2. The van der Waals surface area contributed by atoms with Crippen molar-refractivity contribution in [3.05, 3.63) is 35.9 Å². The molecule has 1 aromatic rings. The molecule has 1 unspecified atom stereocenters. The fourth-order valence-electron chi connectivity index (χ4n) is 1.53. The van der Waals surface area contributed by atoms with Gasteiger partial charge >= 0.3 is 0 Å². The first-order valence-electron chi connectivity index (χ1n) is 5.97. The van der Waals surface area contributed by atoms with Crippen LogP contribution in [0, 0.1) is 0 Å². The van der Waals surface area contributed by atoms with Gasteiger partial charge < -0.3 is 16.4 Å². The zero-order valence-electron chi connectivity index (χ0n) is 10.5. The van der Waals surface area contributed by atoms with Gasteiger partial charge in [-0.05, 0) is 12.5 Å². The molecule has 0 saturated carbocycles. The van der Waals surface area contributed by atoms with E-state index in [1.54, 1.807) is 0 Å². The Bertz CT molecular complexity index is 392. The summed E-state index contributed by atoms with van der Waals surface area (Å²) in [5.74, 6) is -0.420. The molecule has 2 amide bonds. The Morgan fingerprint density at radius 3 is 2.44 bits per heavy atom. The zero-order valence-corrected chi connectivity index (χ0v) is 10.5. The van der Waals surface area contributed by atoms with Crippen molar-refractivity contribution in [3.8, 4) is 0 Å². The Morgan fingerprint density at radius 2 is 1.83 bits per heavy atom. The number of nitrogens with two attached hydrogens (primary N) is 1. The molecule has 0 radical (unpaired) electrons. The minimum Gasteiger partial charge on any atom is -0.355 e. The van der Waals surface area contributed by atoms with Gasteiger partial charge in [-0.3, -0.25) is 9.59 Å². The molecule has 0 spiro atoms. The Morgan fingerprint density at radius 1 is 1.17 bits per heavy atom. The van der Waals surface area contributed by atoms with E-state index in [0.717, 1.165) is 5.56 Å². The molecule has 1 aromatic carbocycles. The van der Waals surface area contributed by atoms with E-state index in [9.17, 15) is 9.59 Å². The van der Waals surface area contributed by atoms with Crippen LogP contribution in [-0.2, 0) is 9.59 Å². The molecule has 0 aliphatic rings. The summed E-state index contributed by atoms with van der Waals surface area (Å²) in [6, 6.07) is 9.05. The number of hydrogen-bond acceptors (Lipinski definition) is 3. The Labute approximate surface area is 107 Å². The normalized spacial score (nSPS) is 11.7. The topological polar surface area (TPSA) is 84.2 Å². The highest BCUT2D eigenvalue weighted by Gasteiger charge is 2.11. The van der Waals surface area contributed by atoms with Crippen LogP contribution in [0.1, 0.15) is 24.9 Å². The molecule has 98 valence electrons. The van der Waals surface area contributed by atoms with Gasteiger partial charge in [0.2, 0.25) is 11.8 Å². The van der Waals surface area contributed by atoms with Crippen molar-refractivity contribution < 1.29 is 9.59 Å². The van der Waals surface area contributed by atoms with Gasteiger partial charge in [0.05, 0.1) is 6.54 Å². The monoisotopic (exact) mass is 249 g/mol. The molecule has 0 saturated heterocycles. The zero-order chi connectivity index (χ0) is 13.4. The van der Waals surface area contributed by atoms with Gasteiger partial charge in [0.15, 0.2) is 0 Å². The van der Waals surface area contributed by atoms with E-state index in [4.69, 9.17) is 5.73 Å². The first-order valence-corrected chi connectivity index (χ1v) is 5.97. The SMILES string of the molecule is CCNC(=O)CNC(=O)CC(N)c1ccccc1.